The largest absolute Gasteiger partial charge is 0.324 e. The Morgan fingerprint density at radius 2 is 2.11 bits per heavy atom. The molecule has 1 N–H and O–H groups in total. The van der Waals surface area contributed by atoms with E-state index in [0.29, 0.717) is 21.8 Å². The molecule has 1 aliphatic carbocycles. The van der Waals surface area contributed by atoms with Gasteiger partial charge < -0.3 is 5.32 Å². The number of hydrogen-bond donors (Lipinski definition) is 1. The highest BCUT2D eigenvalue weighted by atomic mass is 35.5. The van der Waals surface area contributed by atoms with E-state index in [1.54, 1.807) is 29.5 Å². The third-order valence-electron chi connectivity index (χ3n) is 4.18. The highest BCUT2D eigenvalue weighted by Crippen LogP contribution is 2.42. The number of benzene rings is 1. The van der Waals surface area contributed by atoms with Crippen LogP contribution in [0.15, 0.2) is 40.9 Å². The zero-order chi connectivity index (χ0) is 19.0. The average Bonchev–Trinajstić information content (AvgIpc) is 3.17. The Balaban J connectivity index is 1.52. The second kappa shape index (κ2) is 7.83. The lowest BCUT2D eigenvalue weighted by Gasteiger charge is -2.14. The van der Waals surface area contributed by atoms with E-state index in [9.17, 15) is 4.79 Å². The predicted octanol–water partition coefficient (Wildman–Crippen LogP) is 5.77. The minimum atomic E-state index is -0.363. The molecule has 2 aromatic heterocycles. The maximum Gasteiger partial charge on any atom is 0.237 e. The first-order valence-electron chi connectivity index (χ1n) is 8.45. The van der Waals surface area contributed by atoms with Crippen LogP contribution in [0.2, 0.25) is 10.0 Å². The van der Waals surface area contributed by atoms with E-state index in [-0.39, 0.29) is 11.2 Å². The van der Waals surface area contributed by atoms with Crippen molar-refractivity contribution in [1.29, 1.82) is 0 Å². The molecule has 1 saturated carbocycles. The number of amides is 1. The Labute approximate surface area is 175 Å². The number of nitrogens with one attached hydrogen (secondary N) is 1. The van der Waals surface area contributed by atoms with E-state index in [0.717, 1.165) is 28.7 Å². The summed E-state index contributed by atoms with van der Waals surface area (Å²) >= 11 is 15.2. The predicted molar refractivity (Wildman–Crippen MR) is 112 cm³/mol. The summed E-state index contributed by atoms with van der Waals surface area (Å²) in [4.78, 5) is 13.7. The van der Waals surface area contributed by atoms with Gasteiger partial charge in [0.1, 0.15) is 0 Å². The standard InChI is InChI=1S/C18H16Cl2N4OS2/c1-10(17(25)21-13-5-2-4-12(19)15(13)20)27-18-23-22-16(14-6-3-9-26-14)24(18)11-7-8-11/h2-6,9-11H,7-8H2,1H3,(H,21,25)/t10-/m1/s1. The molecule has 0 bridgehead atoms. The summed E-state index contributed by atoms with van der Waals surface area (Å²) in [5.41, 5.74) is 0.504. The summed E-state index contributed by atoms with van der Waals surface area (Å²) in [7, 11) is 0. The van der Waals surface area contributed by atoms with Crippen molar-refractivity contribution in [2.24, 2.45) is 0 Å². The Hall–Kier alpha value is -1.54. The van der Waals surface area contributed by atoms with Gasteiger partial charge in [-0.2, -0.15) is 0 Å². The molecule has 0 unspecified atom stereocenters. The highest BCUT2D eigenvalue weighted by molar-refractivity contribution is 8.00. The molecule has 2 heterocycles. The topological polar surface area (TPSA) is 59.8 Å². The van der Waals surface area contributed by atoms with Gasteiger partial charge in [0.15, 0.2) is 11.0 Å². The van der Waals surface area contributed by atoms with Crippen molar-refractivity contribution in [3.63, 3.8) is 0 Å². The lowest BCUT2D eigenvalue weighted by Crippen LogP contribution is -2.23. The van der Waals surface area contributed by atoms with Crippen molar-refractivity contribution in [1.82, 2.24) is 14.8 Å². The maximum absolute atomic E-state index is 12.6. The highest BCUT2D eigenvalue weighted by Gasteiger charge is 2.31. The van der Waals surface area contributed by atoms with Crippen molar-refractivity contribution >= 4 is 57.9 Å². The summed E-state index contributed by atoms with van der Waals surface area (Å²) in [5, 5.41) is 14.7. The molecule has 27 heavy (non-hydrogen) atoms. The Morgan fingerprint density at radius 3 is 2.81 bits per heavy atom. The van der Waals surface area contributed by atoms with Crippen molar-refractivity contribution in [2.75, 3.05) is 5.32 Å². The Morgan fingerprint density at radius 1 is 1.30 bits per heavy atom. The number of nitrogens with zero attached hydrogens (tertiary/aromatic N) is 3. The molecule has 1 aromatic carbocycles. The molecule has 9 heteroatoms. The number of hydrogen-bond acceptors (Lipinski definition) is 5. The van der Waals surface area contributed by atoms with Crippen LogP contribution in [0.3, 0.4) is 0 Å². The Bertz CT molecular complexity index is 970. The summed E-state index contributed by atoms with van der Waals surface area (Å²) in [6.45, 7) is 1.84. The van der Waals surface area contributed by atoms with Crippen LogP contribution in [0.4, 0.5) is 5.69 Å². The lowest BCUT2D eigenvalue weighted by molar-refractivity contribution is -0.115. The number of rotatable bonds is 6. The average molecular weight is 439 g/mol. The normalized spacial score (nSPS) is 14.9. The van der Waals surface area contributed by atoms with Crippen LogP contribution in [0.25, 0.3) is 10.7 Å². The first-order chi connectivity index (χ1) is 13.0. The maximum atomic E-state index is 12.6. The second-order valence-corrected chi connectivity index (χ2v) is 9.28. The van der Waals surface area contributed by atoms with Crippen LogP contribution >= 0.6 is 46.3 Å². The molecule has 0 saturated heterocycles. The van der Waals surface area contributed by atoms with Gasteiger partial charge in [0.2, 0.25) is 5.91 Å². The zero-order valence-corrected chi connectivity index (χ0v) is 17.5. The lowest BCUT2D eigenvalue weighted by atomic mass is 10.3. The minimum Gasteiger partial charge on any atom is -0.324 e. The van der Waals surface area contributed by atoms with Crippen LogP contribution in [0, 0.1) is 0 Å². The molecule has 1 fully saturated rings. The van der Waals surface area contributed by atoms with E-state index in [1.807, 2.05) is 24.4 Å². The van der Waals surface area contributed by atoms with E-state index in [4.69, 9.17) is 23.2 Å². The number of anilines is 1. The van der Waals surface area contributed by atoms with Gasteiger partial charge >= 0.3 is 0 Å². The number of thioether (sulfide) groups is 1. The number of aromatic nitrogens is 3. The minimum absolute atomic E-state index is 0.160. The number of halogens is 2. The van der Waals surface area contributed by atoms with E-state index in [1.165, 1.54) is 11.8 Å². The monoisotopic (exact) mass is 438 g/mol. The van der Waals surface area contributed by atoms with Gasteiger partial charge in [0, 0.05) is 6.04 Å². The molecule has 0 radical (unpaired) electrons. The van der Waals surface area contributed by atoms with Crippen LogP contribution in [-0.4, -0.2) is 25.9 Å². The number of thiophene rings is 1. The molecule has 5 nitrogen and oxygen atoms in total. The quantitative estimate of drug-likeness (QED) is 0.496. The van der Waals surface area contributed by atoms with Gasteiger partial charge in [0.05, 0.1) is 25.9 Å². The van der Waals surface area contributed by atoms with Crippen molar-refractivity contribution in [2.45, 2.75) is 36.2 Å². The zero-order valence-electron chi connectivity index (χ0n) is 14.4. The molecule has 1 aliphatic rings. The van der Waals surface area contributed by atoms with Crippen molar-refractivity contribution < 1.29 is 4.79 Å². The summed E-state index contributed by atoms with van der Waals surface area (Å²) < 4.78 is 2.16. The smallest absolute Gasteiger partial charge is 0.237 e. The molecule has 0 spiro atoms. The summed E-state index contributed by atoms with van der Waals surface area (Å²) in [5.74, 6) is 0.715. The molecule has 1 atom stereocenters. The van der Waals surface area contributed by atoms with E-state index in [2.05, 4.69) is 20.1 Å². The molecular formula is C18H16Cl2N4OS2. The summed E-state index contributed by atoms with van der Waals surface area (Å²) in [6.07, 6.45) is 2.23. The van der Waals surface area contributed by atoms with Crippen LogP contribution in [0.5, 0.6) is 0 Å². The molecule has 1 amide bonds. The van der Waals surface area contributed by atoms with Gasteiger partial charge in [-0.05, 0) is 43.3 Å². The van der Waals surface area contributed by atoms with Gasteiger partial charge in [0.25, 0.3) is 0 Å². The fourth-order valence-electron chi connectivity index (χ4n) is 2.64. The molecule has 4 rings (SSSR count). The third-order valence-corrected chi connectivity index (χ3v) is 6.92. The third kappa shape index (κ3) is 4.01. The second-order valence-electron chi connectivity index (χ2n) is 6.24. The number of carbonyl (C=O) groups is 1. The van der Waals surface area contributed by atoms with E-state index < -0.39 is 0 Å². The van der Waals surface area contributed by atoms with Gasteiger partial charge in [-0.15, -0.1) is 21.5 Å². The first-order valence-corrected chi connectivity index (χ1v) is 11.0. The SMILES string of the molecule is C[C@@H](Sc1nnc(-c2cccs2)n1C1CC1)C(=O)Nc1cccc(Cl)c1Cl. The van der Waals surface area contributed by atoms with Crippen LogP contribution in [-0.2, 0) is 4.79 Å². The fraction of sp³-hybridized carbons (Fsp3) is 0.278. The van der Waals surface area contributed by atoms with Crippen LogP contribution in [0.1, 0.15) is 25.8 Å². The van der Waals surface area contributed by atoms with Crippen LogP contribution < -0.4 is 5.32 Å². The van der Waals surface area contributed by atoms with Crippen molar-refractivity contribution in [3.05, 3.63) is 45.8 Å². The summed E-state index contributed by atoms with van der Waals surface area (Å²) in [6, 6.07) is 9.62. The molecule has 3 aromatic rings. The van der Waals surface area contributed by atoms with Gasteiger partial charge in [-0.1, -0.05) is 47.1 Å². The Kier molecular flexibility index (Phi) is 5.45. The molecular weight excluding hydrogens is 423 g/mol. The fourth-order valence-corrected chi connectivity index (χ4v) is 4.61. The molecule has 140 valence electrons. The van der Waals surface area contributed by atoms with Gasteiger partial charge in [-0.25, -0.2) is 0 Å². The first kappa shape index (κ1) is 18.8. The number of carbonyl (C=O) groups excluding carboxylic acids is 1. The van der Waals surface area contributed by atoms with E-state index >= 15 is 0 Å². The molecule has 0 aliphatic heterocycles. The van der Waals surface area contributed by atoms with Gasteiger partial charge in [-0.3, -0.25) is 9.36 Å². The van der Waals surface area contributed by atoms with Crippen molar-refractivity contribution in [3.8, 4) is 10.7 Å².